The molecular formula is C15H23NO2. The van der Waals surface area contributed by atoms with Crippen LogP contribution in [0, 0.1) is 0 Å². The second-order valence-corrected chi connectivity index (χ2v) is 5.47. The molecule has 1 aromatic carbocycles. The molecule has 0 amide bonds. The number of hydrogen-bond acceptors (Lipinski definition) is 3. The van der Waals surface area contributed by atoms with Crippen LogP contribution in [0.15, 0.2) is 24.3 Å². The van der Waals surface area contributed by atoms with Crippen LogP contribution in [-0.2, 0) is 4.74 Å². The molecule has 1 aromatic rings. The molecule has 3 nitrogen and oxygen atoms in total. The van der Waals surface area contributed by atoms with Crippen molar-refractivity contribution >= 4 is 0 Å². The number of hydrogen-bond donors (Lipinski definition) is 1. The van der Waals surface area contributed by atoms with Crippen molar-refractivity contribution in [1.82, 2.24) is 0 Å². The minimum absolute atomic E-state index is 0.175. The second-order valence-electron chi connectivity index (χ2n) is 5.47. The maximum atomic E-state index is 6.37. The van der Waals surface area contributed by atoms with Crippen molar-refractivity contribution in [3.63, 3.8) is 0 Å². The molecule has 1 heterocycles. The molecule has 3 heteroatoms. The highest BCUT2D eigenvalue weighted by molar-refractivity contribution is 5.38. The van der Waals surface area contributed by atoms with E-state index in [0.717, 1.165) is 38.2 Å². The van der Waals surface area contributed by atoms with Crippen LogP contribution in [0.5, 0.6) is 5.75 Å². The first-order chi connectivity index (χ1) is 8.62. The molecule has 0 radical (unpaired) electrons. The number of rotatable bonds is 5. The van der Waals surface area contributed by atoms with Crippen molar-refractivity contribution in [1.29, 1.82) is 0 Å². The Bertz CT molecular complexity index is 390. The smallest absolute Gasteiger partial charge is 0.122 e. The fourth-order valence-corrected chi connectivity index (χ4v) is 2.63. The van der Waals surface area contributed by atoms with Crippen LogP contribution >= 0.6 is 0 Å². The Morgan fingerprint density at radius 2 is 2.22 bits per heavy atom. The van der Waals surface area contributed by atoms with Gasteiger partial charge in [0.15, 0.2) is 0 Å². The van der Waals surface area contributed by atoms with Crippen LogP contribution in [-0.4, -0.2) is 25.9 Å². The van der Waals surface area contributed by atoms with E-state index in [1.807, 2.05) is 12.1 Å². The molecular weight excluding hydrogens is 226 g/mol. The van der Waals surface area contributed by atoms with Crippen molar-refractivity contribution in [3.8, 4) is 5.75 Å². The van der Waals surface area contributed by atoms with Gasteiger partial charge in [-0.2, -0.15) is 0 Å². The molecule has 2 N–H and O–H groups in total. The van der Waals surface area contributed by atoms with Gasteiger partial charge in [0.05, 0.1) is 6.61 Å². The van der Waals surface area contributed by atoms with Gasteiger partial charge in [0.1, 0.15) is 5.75 Å². The lowest BCUT2D eigenvalue weighted by Gasteiger charge is -2.33. The lowest BCUT2D eigenvalue weighted by Crippen LogP contribution is -2.39. The first-order valence-electron chi connectivity index (χ1n) is 6.62. The molecule has 18 heavy (non-hydrogen) atoms. The number of methoxy groups -OCH3 is 1. The summed E-state index contributed by atoms with van der Waals surface area (Å²) in [7, 11) is 1.72. The standard InChI is InChI=1S/C15H23NO2/c1-15(16,8-10-17-2)11-12-7-9-18-14-6-4-3-5-13(12)14/h3-6,12H,7-11,16H2,1-2H3. The number of ether oxygens (including phenoxy) is 2. The highest BCUT2D eigenvalue weighted by Crippen LogP contribution is 2.38. The van der Waals surface area contributed by atoms with Gasteiger partial charge in [-0.3, -0.25) is 0 Å². The predicted molar refractivity (Wildman–Crippen MR) is 73.0 cm³/mol. The summed E-state index contributed by atoms with van der Waals surface area (Å²) in [5.74, 6) is 1.53. The Morgan fingerprint density at radius 1 is 1.44 bits per heavy atom. The third-order valence-corrected chi connectivity index (χ3v) is 3.67. The highest BCUT2D eigenvalue weighted by atomic mass is 16.5. The quantitative estimate of drug-likeness (QED) is 0.872. The van der Waals surface area contributed by atoms with Gasteiger partial charge in [-0.15, -0.1) is 0 Å². The molecule has 1 aliphatic heterocycles. The topological polar surface area (TPSA) is 44.5 Å². The normalized spacial score (nSPS) is 21.8. The molecule has 0 aliphatic carbocycles. The van der Waals surface area contributed by atoms with Gasteiger partial charge in [0.25, 0.3) is 0 Å². The van der Waals surface area contributed by atoms with E-state index in [9.17, 15) is 0 Å². The molecule has 0 fully saturated rings. The molecule has 0 saturated heterocycles. The Hall–Kier alpha value is -1.06. The van der Waals surface area contributed by atoms with Gasteiger partial charge in [-0.05, 0) is 43.7 Å². The SMILES string of the molecule is COCCC(C)(N)CC1CCOc2ccccc21. The maximum Gasteiger partial charge on any atom is 0.122 e. The molecule has 2 unspecified atom stereocenters. The van der Waals surface area contributed by atoms with Crippen molar-refractivity contribution in [3.05, 3.63) is 29.8 Å². The van der Waals surface area contributed by atoms with E-state index in [0.29, 0.717) is 5.92 Å². The first-order valence-corrected chi connectivity index (χ1v) is 6.62. The Labute approximate surface area is 109 Å². The van der Waals surface area contributed by atoms with Gasteiger partial charge in [-0.1, -0.05) is 18.2 Å². The average molecular weight is 249 g/mol. The van der Waals surface area contributed by atoms with Gasteiger partial charge < -0.3 is 15.2 Å². The van der Waals surface area contributed by atoms with Crippen molar-refractivity contribution in [2.75, 3.05) is 20.3 Å². The van der Waals surface area contributed by atoms with Crippen molar-refractivity contribution < 1.29 is 9.47 Å². The largest absolute Gasteiger partial charge is 0.493 e. The number of benzene rings is 1. The average Bonchev–Trinajstić information content (AvgIpc) is 2.37. The second kappa shape index (κ2) is 5.72. The van der Waals surface area contributed by atoms with Crippen molar-refractivity contribution in [2.24, 2.45) is 5.73 Å². The monoisotopic (exact) mass is 249 g/mol. The van der Waals surface area contributed by atoms with E-state index in [-0.39, 0.29) is 5.54 Å². The molecule has 0 aromatic heterocycles. The van der Waals surface area contributed by atoms with E-state index >= 15 is 0 Å². The third kappa shape index (κ3) is 3.24. The summed E-state index contributed by atoms with van der Waals surface area (Å²) in [6, 6.07) is 8.30. The molecule has 0 bridgehead atoms. The minimum atomic E-state index is -0.175. The zero-order chi connectivity index (χ0) is 13.0. The molecule has 2 rings (SSSR count). The maximum absolute atomic E-state index is 6.37. The minimum Gasteiger partial charge on any atom is -0.493 e. The summed E-state index contributed by atoms with van der Waals surface area (Å²) in [6.07, 6.45) is 2.93. The van der Waals surface area contributed by atoms with E-state index in [2.05, 4.69) is 19.1 Å². The van der Waals surface area contributed by atoms with Gasteiger partial charge >= 0.3 is 0 Å². The zero-order valence-electron chi connectivity index (χ0n) is 11.3. The van der Waals surface area contributed by atoms with E-state index < -0.39 is 0 Å². The lowest BCUT2D eigenvalue weighted by molar-refractivity contribution is 0.162. The molecule has 0 spiro atoms. The summed E-state index contributed by atoms with van der Waals surface area (Å²) in [6.45, 7) is 3.63. The molecule has 0 saturated carbocycles. The van der Waals surface area contributed by atoms with Crippen LogP contribution < -0.4 is 10.5 Å². The number of nitrogens with two attached hydrogens (primary N) is 1. The molecule has 100 valence electrons. The van der Waals surface area contributed by atoms with E-state index in [1.165, 1.54) is 5.56 Å². The lowest BCUT2D eigenvalue weighted by atomic mass is 9.81. The van der Waals surface area contributed by atoms with Gasteiger partial charge in [0.2, 0.25) is 0 Å². The zero-order valence-corrected chi connectivity index (χ0v) is 11.3. The Balaban J connectivity index is 2.06. The van der Waals surface area contributed by atoms with Gasteiger partial charge in [0, 0.05) is 19.3 Å². The molecule has 2 atom stereocenters. The highest BCUT2D eigenvalue weighted by Gasteiger charge is 2.28. The van der Waals surface area contributed by atoms with Crippen LogP contribution in [0.4, 0.5) is 0 Å². The Morgan fingerprint density at radius 3 is 3.00 bits per heavy atom. The fraction of sp³-hybridized carbons (Fsp3) is 0.600. The number of fused-ring (bicyclic) bond motifs is 1. The van der Waals surface area contributed by atoms with Crippen LogP contribution in [0.25, 0.3) is 0 Å². The molecule has 1 aliphatic rings. The predicted octanol–water partition coefficient (Wildman–Crippen LogP) is 2.70. The summed E-state index contributed by atoms with van der Waals surface area (Å²) < 4.78 is 10.8. The first kappa shape index (κ1) is 13.4. The summed E-state index contributed by atoms with van der Waals surface area (Å²) in [4.78, 5) is 0. The van der Waals surface area contributed by atoms with Gasteiger partial charge in [-0.25, -0.2) is 0 Å². The number of para-hydroxylation sites is 1. The van der Waals surface area contributed by atoms with Crippen LogP contribution in [0.1, 0.15) is 37.7 Å². The van der Waals surface area contributed by atoms with Crippen LogP contribution in [0.3, 0.4) is 0 Å². The van der Waals surface area contributed by atoms with E-state index in [1.54, 1.807) is 7.11 Å². The van der Waals surface area contributed by atoms with E-state index in [4.69, 9.17) is 15.2 Å². The van der Waals surface area contributed by atoms with Crippen molar-refractivity contribution in [2.45, 2.75) is 37.6 Å². The third-order valence-electron chi connectivity index (χ3n) is 3.67. The fourth-order valence-electron chi connectivity index (χ4n) is 2.63. The summed E-state index contributed by atoms with van der Waals surface area (Å²) in [5.41, 5.74) is 7.50. The Kier molecular flexibility index (Phi) is 4.25. The van der Waals surface area contributed by atoms with Crippen LogP contribution in [0.2, 0.25) is 0 Å². The summed E-state index contributed by atoms with van der Waals surface area (Å²) in [5, 5.41) is 0. The summed E-state index contributed by atoms with van der Waals surface area (Å²) >= 11 is 0.